The second kappa shape index (κ2) is 9.63. The maximum Gasteiger partial charge on any atom is 0.225 e. The van der Waals surface area contributed by atoms with E-state index >= 15 is 0 Å². The molecule has 168 valence electrons. The van der Waals surface area contributed by atoms with Crippen LogP contribution in [0.25, 0.3) is 21.9 Å². The minimum absolute atomic E-state index is 0.0930. The molecule has 0 spiro atoms. The molecule has 1 atom stereocenters. The molecule has 1 unspecified atom stereocenters. The van der Waals surface area contributed by atoms with Gasteiger partial charge in [0.15, 0.2) is 0 Å². The van der Waals surface area contributed by atoms with E-state index in [0.717, 1.165) is 47.8 Å². The van der Waals surface area contributed by atoms with Crippen LogP contribution in [-0.4, -0.2) is 65.5 Å². The van der Waals surface area contributed by atoms with E-state index in [4.69, 9.17) is 4.74 Å². The molecule has 1 aliphatic rings. The summed E-state index contributed by atoms with van der Waals surface area (Å²) >= 11 is 0. The third kappa shape index (κ3) is 4.74. The number of aliphatic hydroxyl groups excluding tert-OH is 1. The first kappa shape index (κ1) is 22.2. The lowest BCUT2D eigenvalue weighted by Gasteiger charge is -2.38. The zero-order chi connectivity index (χ0) is 22.6. The van der Waals surface area contributed by atoms with Gasteiger partial charge >= 0.3 is 0 Å². The lowest BCUT2D eigenvalue weighted by molar-refractivity contribution is -0.132. The summed E-state index contributed by atoms with van der Waals surface area (Å²) in [5.41, 5.74) is 1.54. The quantitative estimate of drug-likeness (QED) is 0.595. The van der Waals surface area contributed by atoms with Gasteiger partial charge in [-0.05, 0) is 48.8 Å². The van der Waals surface area contributed by atoms with Crippen LogP contribution in [0.4, 0.5) is 0 Å². The molecule has 0 bridgehead atoms. The Hall–Kier alpha value is -3.03. The summed E-state index contributed by atoms with van der Waals surface area (Å²) < 4.78 is 6.11. The standard InChI is InChI=1S/C25H30N4O3/c1-25(24(31)26-2)10-13-29(14-11-25)16-20(30)17-32-22-8-7-18-5-3-4-6-21(18)23(22)19-9-12-27-28-15-19/h3-9,12,15,20,30H,10-11,13-14,16-17H2,1-2H3,(H,26,31). The van der Waals surface area contributed by atoms with E-state index in [1.54, 1.807) is 19.4 Å². The summed E-state index contributed by atoms with van der Waals surface area (Å²) in [4.78, 5) is 14.3. The Morgan fingerprint density at radius 2 is 1.97 bits per heavy atom. The number of carbonyl (C=O) groups is 1. The lowest BCUT2D eigenvalue weighted by atomic mass is 9.79. The Morgan fingerprint density at radius 1 is 1.19 bits per heavy atom. The minimum atomic E-state index is -0.630. The van der Waals surface area contributed by atoms with Gasteiger partial charge in [-0.2, -0.15) is 10.2 Å². The number of benzene rings is 2. The number of β-amino-alcohol motifs (C(OH)–C–C–N with tert-alkyl or cyclic N) is 1. The van der Waals surface area contributed by atoms with E-state index < -0.39 is 6.10 Å². The average Bonchev–Trinajstić information content (AvgIpc) is 2.83. The number of hydrogen-bond acceptors (Lipinski definition) is 6. The smallest absolute Gasteiger partial charge is 0.225 e. The van der Waals surface area contributed by atoms with Crippen molar-refractivity contribution in [1.29, 1.82) is 0 Å². The van der Waals surface area contributed by atoms with Crippen molar-refractivity contribution in [3.8, 4) is 16.9 Å². The number of hydrogen-bond donors (Lipinski definition) is 2. The zero-order valence-corrected chi connectivity index (χ0v) is 18.6. The van der Waals surface area contributed by atoms with Crippen molar-refractivity contribution in [2.75, 3.05) is 33.3 Å². The Bertz CT molecular complexity index is 1070. The summed E-state index contributed by atoms with van der Waals surface area (Å²) in [6.07, 6.45) is 4.32. The lowest BCUT2D eigenvalue weighted by Crippen LogP contribution is -2.48. The summed E-state index contributed by atoms with van der Waals surface area (Å²) in [7, 11) is 1.68. The van der Waals surface area contributed by atoms with Gasteiger partial charge in [-0.3, -0.25) is 4.79 Å². The van der Waals surface area contributed by atoms with E-state index in [2.05, 4.69) is 32.5 Å². The Labute approximate surface area is 188 Å². The van der Waals surface area contributed by atoms with E-state index in [-0.39, 0.29) is 17.9 Å². The van der Waals surface area contributed by atoms with Gasteiger partial charge in [0.25, 0.3) is 0 Å². The molecule has 1 fully saturated rings. The van der Waals surface area contributed by atoms with Crippen molar-refractivity contribution in [1.82, 2.24) is 20.4 Å². The van der Waals surface area contributed by atoms with Crippen LogP contribution in [0.1, 0.15) is 19.8 Å². The van der Waals surface area contributed by atoms with Crippen LogP contribution in [0.5, 0.6) is 5.75 Å². The highest BCUT2D eigenvalue weighted by Crippen LogP contribution is 2.37. The number of amides is 1. The van der Waals surface area contributed by atoms with Gasteiger partial charge in [0, 0.05) is 30.1 Å². The number of ether oxygens (including phenoxy) is 1. The molecule has 7 heteroatoms. The number of likely N-dealkylation sites (tertiary alicyclic amines) is 1. The first-order chi connectivity index (χ1) is 15.5. The van der Waals surface area contributed by atoms with Crippen molar-refractivity contribution in [3.05, 3.63) is 54.9 Å². The molecular formula is C25H30N4O3. The highest BCUT2D eigenvalue weighted by atomic mass is 16.5. The summed E-state index contributed by atoms with van der Waals surface area (Å²) in [5.74, 6) is 0.803. The molecule has 1 saturated heterocycles. The maximum absolute atomic E-state index is 12.1. The number of nitrogens with zero attached hydrogens (tertiary/aromatic N) is 3. The van der Waals surface area contributed by atoms with Crippen LogP contribution in [0.3, 0.4) is 0 Å². The minimum Gasteiger partial charge on any atom is -0.490 e. The third-order valence-corrected chi connectivity index (χ3v) is 6.40. The van der Waals surface area contributed by atoms with Gasteiger partial charge < -0.3 is 20.1 Å². The van der Waals surface area contributed by atoms with E-state index in [0.29, 0.717) is 12.3 Å². The summed E-state index contributed by atoms with van der Waals surface area (Å²) in [6, 6.07) is 14.0. The number of carbonyl (C=O) groups excluding carboxylic acids is 1. The molecular weight excluding hydrogens is 404 g/mol. The molecule has 32 heavy (non-hydrogen) atoms. The molecule has 3 aromatic rings. The van der Waals surface area contributed by atoms with Crippen LogP contribution in [0, 0.1) is 5.41 Å². The molecule has 2 N–H and O–H groups in total. The van der Waals surface area contributed by atoms with Gasteiger partial charge in [-0.25, -0.2) is 0 Å². The fourth-order valence-corrected chi connectivity index (χ4v) is 4.40. The molecule has 1 aliphatic heterocycles. The molecule has 0 aliphatic carbocycles. The first-order valence-corrected chi connectivity index (χ1v) is 11.0. The number of piperidine rings is 1. The number of fused-ring (bicyclic) bond motifs is 1. The molecule has 4 rings (SSSR count). The highest BCUT2D eigenvalue weighted by molar-refractivity contribution is 5.99. The van der Waals surface area contributed by atoms with Crippen molar-refractivity contribution in [3.63, 3.8) is 0 Å². The monoisotopic (exact) mass is 434 g/mol. The zero-order valence-electron chi connectivity index (χ0n) is 18.6. The second-order valence-electron chi connectivity index (χ2n) is 8.70. The van der Waals surface area contributed by atoms with Gasteiger partial charge in [-0.1, -0.05) is 37.3 Å². The molecule has 0 saturated carbocycles. The SMILES string of the molecule is CNC(=O)C1(C)CCN(CC(O)COc2ccc3ccccc3c2-c2ccnnc2)CC1. The molecule has 1 amide bonds. The predicted molar refractivity (Wildman–Crippen MR) is 124 cm³/mol. The van der Waals surface area contributed by atoms with Gasteiger partial charge in [0.1, 0.15) is 18.5 Å². The molecule has 2 aromatic carbocycles. The van der Waals surface area contributed by atoms with Crippen molar-refractivity contribution >= 4 is 16.7 Å². The number of rotatable bonds is 7. The van der Waals surface area contributed by atoms with E-state index in [9.17, 15) is 9.90 Å². The highest BCUT2D eigenvalue weighted by Gasteiger charge is 2.36. The first-order valence-electron chi connectivity index (χ1n) is 11.0. The maximum atomic E-state index is 12.1. The largest absolute Gasteiger partial charge is 0.490 e. The number of nitrogens with one attached hydrogen (secondary N) is 1. The van der Waals surface area contributed by atoms with Gasteiger partial charge in [0.05, 0.1) is 12.4 Å². The molecule has 2 heterocycles. The van der Waals surface area contributed by atoms with Crippen molar-refractivity contribution in [2.45, 2.75) is 25.9 Å². The fourth-order valence-electron chi connectivity index (χ4n) is 4.40. The molecule has 7 nitrogen and oxygen atoms in total. The second-order valence-corrected chi connectivity index (χ2v) is 8.70. The van der Waals surface area contributed by atoms with Crippen LogP contribution in [0.2, 0.25) is 0 Å². The summed E-state index contributed by atoms with van der Waals surface area (Å²) in [6.45, 7) is 4.28. The van der Waals surface area contributed by atoms with Crippen molar-refractivity contribution in [2.24, 2.45) is 5.41 Å². The Morgan fingerprint density at radius 3 is 2.69 bits per heavy atom. The topological polar surface area (TPSA) is 87.6 Å². The number of aromatic nitrogens is 2. The number of aliphatic hydroxyl groups is 1. The average molecular weight is 435 g/mol. The van der Waals surface area contributed by atoms with Crippen LogP contribution in [-0.2, 0) is 4.79 Å². The van der Waals surface area contributed by atoms with Crippen molar-refractivity contribution < 1.29 is 14.6 Å². The van der Waals surface area contributed by atoms with Gasteiger partial charge in [0.2, 0.25) is 5.91 Å². The molecule has 1 aromatic heterocycles. The molecule has 0 radical (unpaired) electrons. The van der Waals surface area contributed by atoms with E-state index in [1.165, 1.54) is 0 Å². The Balaban J connectivity index is 1.43. The van der Waals surface area contributed by atoms with E-state index in [1.807, 2.05) is 37.3 Å². The third-order valence-electron chi connectivity index (χ3n) is 6.40. The summed E-state index contributed by atoms with van der Waals surface area (Å²) in [5, 5.41) is 23.5. The van der Waals surface area contributed by atoms with Crippen LogP contribution in [0.15, 0.2) is 54.9 Å². The van der Waals surface area contributed by atoms with Crippen LogP contribution >= 0.6 is 0 Å². The van der Waals surface area contributed by atoms with Crippen LogP contribution < -0.4 is 10.1 Å². The fraction of sp³-hybridized carbons (Fsp3) is 0.400. The van der Waals surface area contributed by atoms with Gasteiger partial charge in [-0.15, -0.1) is 0 Å². The predicted octanol–water partition coefficient (Wildman–Crippen LogP) is 2.88. The normalized spacial score (nSPS) is 17.1. The Kier molecular flexibility index (Phi) is 6.67.